The van der Waals surface area contributed by atoms with Crippen LogP contribution >= 0.6 is 11.6 Å². The highest BCUT2D eigenvalue weighted by Crippen LogP contribution is 2.56. The molecule has 1 aliphatic carbocycles. The van der Waals surface area contributed by atoms with Crippen molar-refractivity contribution in [2.75, 3.05) is 72.3 Å². The van der Waals surface area contributed by atoms with E-state index in [0.717, 1.165) is 88.2 Å². The van der Waals surface area contributed by atoms with Crippen LogP contribution in [0.25, 0.3) is 0 Å². The molecule has 1 unspecified atom stereocenters. The number of benzene rings is 2. The van der Waals surface area contributed by atoms with Gasteiger partial charge in [-0.3, -0.25) is 19.2 Å². The van der Waals surface area contributed by atoms with Gasteiger partial charge in [0.25, 0.3) is 0 Å². The Balaban J connectivity index is 0.000000467. The maximum absolute atomic E-state index is 13.3. The fourth-order valence-electron chi connectivity index (χ4n) is 7.39. The number of unbranched alkanes of at least 4 members (excludes halogenated alkanes) is 6. The van der Waals surface area contributed by atoms with Gasteiger partial charge in [0.05, 0.1) is 49.4 Å². The smallest absolute Gasteiger partial charge is 0.340 e. The summed E-state index contributed by atoms with van der Waals surface area (Å²) >= 11 is 5.61. The molecule has 16 heteroatoms. The molecule has 0 aromatic heterocycles. The number of fused-ring (bicyclic) bond motifs is 5. The number of carbonyl (C=O) groups excluding carboxylic acids is 5. The Labute approximate surface area is 453 Å². The number of alkyl halides is 1. The highest BCUT2D eigenvalue weighted by atomic mass is 35.5. The van der Waals surface area contributed by atoms with Crippen molar-refractivity contribution in [3.8, 4) is 11.5 Å². The lowest BCUT2D eigenvalue weighted by atomic mass is 9.75. The molecule has 2 heterocycles. The van der Waals surface area contributed by atoms with Crippen molar-refractivity contribution in [3.63, 3.8) is 0 Å². The lowest BCUT2D eigenvalue weighted by molar-refractivity contribution is -0.148. The maximum atomic E-state index is 13.3. The maximum Gasteiger partial charge on any atom is 0.340 e. The largest absolute Gasteiger partial charge is 0.456 e. The normalized spacial score (nSPS) is 15.1. The molecule has 2 aromatic carbocycles. The molecule has 15 nitrogen and oxygen atoms in total. The van der Waals surface area contributed by atoms with E-state index >= 15 is 0 Å². The molecule has 1 spiro atoms. The van der Waals surface area contributed by atoms with E-state index in [9.17, 15) is 24.0 Å². The fourth-order valence-corrected chi connectivity index (χ4v) is 7.58. The van der Waals surface area contributed by atoms with E-state index in [-0.39, 0.29) is 11.9 Å². The first-order valence-corrected chi connectivity index (χ1v) is 27.5. The third-order valence-corrected chi connectivity index (χ3v) is 11.9. The molecule has 3 aliphatic rings. The number of carbonyl (C=O) groups is 5. The van der Waals surface area contributed by atoms with Crippen molar-refractivity contribution >= 4 is 41.8 Å². The summed E-state index contributed by atoms with van der Waals surface area (Å²) in [4.78, 5) is 60.2. The number of esters is 3. The number of nitrogens with one attached hydrogen (secondary N) is 2. The lowest BCUT2D eigenvalue weighted by Gasteiger charge is -2.37. The lowest BCUT2D eigenvalue weighted by Crippen LogP contribution is -2.35. The standard InChI is InChI=1S/C33H34O7.C17H33ClN2O4.C7H16O2.C2H6/c1-8-19-12-14-22-25(16-19)33(40-28(22)34)23-11-9-10-20(37-29(35)31(2,3)4)17-26(23)39-27-18-21(13-15-24(27)33)38-30(36)32(5,6)7;18-9-5-1-2-7-12-23-14-15-24-13-11-20-17(22)8-4-3-6-10-19-16-21;1-3-4-5-9-7-6-8-2;1-2/h9-10,12-18H,8,11H2,1-7H3;16H,1-15H2,(H,19,21)(H,20,22);3-7H2,1-2H3;1-2H3. The van der Waals surface area contributed by atoms with Crippen molar-refractivity contribution in [2.45, 2.75) is 152 Å². The monoisotopic (exact) mass is 1070 g/mol. The second kappa shape index (κ2) is 36.1. The summed E-state index contributed by atoms with van der Waals surface area (Å²) in [6.45, 7) is 24.8. The van der Waals surface area contributed by atoms with Crippen molar-refractivity contribution < 1.29 is 61.9 Å². The number of hydrogen-bond donors (Lipinski definition) is 2. The Kier molecular flexibility index (Phi) is 31.8. The predicted octanol–water partition coefficient (Wildman–Crippen LogP) is 11.4. The van der Waals surface area contributed by atoms with Crippen LogP contribution in [-0.2, 0) is 59.6 Å². The van der Waals surface area contributed by atoms with Gasteiger partial charge in [0.2, 0.25) is 12.3 Å². The SMILES string of the molecule is CC.CCCCOCCOC.CCc1ccc2c(c1)C1(OC2=O)C2=C(C=C(OC(=O)C(C)(C)C)C=CC2)Oc2cc(OC(=O)C(C)(C)C)ccc21.O=CNCCCCCC(=O)NCCOCCOCCCCCCCl. The summed E-state index contributed by atoms with van der Waals surface area (Å²) in [5.74, 6) is 0.969. The van der Waals surface area contributed by atoms with Gasteiger partial charge in [0.15, 0.2) is 5.60 Å². The number of halogens is 1. The van der Waals surface area contributed by atoms with Crippen LogP contribution in [0.5, 0.6) is 11.5 Å². The topological polar surface area (TPSA) is 183 Å². The minimum absolute atomic E-state index is 0.0511. The summed E-state index contributed by atoms with van der Waals surface area (Å²) in [5, 5.41) is 5.43. The zero-order chi connectivity index (χ0) is 55.7. The Hall–Kier alpha value is -5.06. The average molecular weight is 1070 g/mol. The molecule has 0 fully saturated rings. The second-order valence-electron chi connectivity index (χ2n) is 19.9. The molecule has 420 valence electrons. The van der Waals surface area contributed by atoms with Crippen LogP contribution < -0.4 is 20.1 Å². The quantitative estimate of drug-likeness (QED) is 0.0270. The highest BCUT2D eigenvalue weighted by molar-refractivity contribution is 6.17. The van der Waals surface area contributed by atoms with E-state index in [4.69, 9.17) is 49.5 Å². The van der Waals surface area contributed by atoms with Gasteiger partial charge in [-0.25, -0.2) is 4.79 Å². The molecule has 1 atom stereocenters. The third kappa shape index (κ3) is 23.0. The van der Waals surface area contributed by atoms with E-state index in [0.29, 0.717) is 98.5 Å². The Bertz CT molecular complexity index is 2150. The fraction of sp³-hybridized carbons (Fsp3) is 0.610. The minimum Gasteiger partial charge on any atom is -0.456 e. The van der Waals surface area contributed by atoms with Crippen LogP contribution in [-0.4, -0.2) is 103 Å². The van der Waals surface area contributed by atoms with Gasteiger partial charge in [-0.1, -0.05) is 71.6 Å². The molecule has 2 aliphatic heterocycles. The van der Waals surface area contributed by atoms with Gasteiger partial charge < -0.3 is 48.5 Å². The molecule has 0 saturated heterocycles. The molecule has 75 heavy (non-hydrogen) atoms. The zero-order valence-corrected chi connectivity index (χ0v) is 47.8. The van der Waals surface area contributed by atoms with E-state index in [2.05, 4.69) is 24.5 Å². The highest BCUT2D eigenvalue weighted by Gasteiger charge is 2.54. The summed E-state index contributed by atoms with van der Waals surface area (Å²) in [7, 11) is 1.68. The molecule has 2 aromatic rings. The Morgan fingerprint density at radius 3 is 2.05 bits per heavy atom. The molecule has 0 saturated carbocycles. The summed E-state index contributed by atoms with van der Waals surface area (Å²) in [6, 6.07) is 10.8. The third-order valence-electron chi connectivity index (χ3n) is 11.6. The van der Waals surface area contributed by atoms with E-state index < -0.39 is 28.4 Å². The van der Waals surface area contributed by atoms with Crippen LogP contribution in [0, 0.1) is 10.8 Å². The summed E-state index contributed by atoms with van der Waals surface area (Å²) in [5.41, 5.74) is 0.922. The number of amides is 2. The first-order valence-electron chi connectivity index (χ1n) is 26.9. The van der Waals surface area contributed by atoms with Gasteiger partial charge in [-0.2, -0.15) is 0 Å². The van der Waals surface area contributed by atoms with Crippen LogP contribution in [0.1, 0.15) is 167 Å². The van der Waals surface area contributed by atoms with E-state index in [1.54, 1.807) is 85.1 Å². The van der Waals surface area contributed by atoms with Crippen molar-refractivity contribution in [3.05, 3.63) is 94.0 Å². The molecule has 2 N–H and O–H groups in total. The number of methoxy groups -OCH3 is 1. The van der Waals surface area contributed by atoms with Crippen molar-refractivity contribution in [1.82, 2.24) is 10.6 Å². The Morgan fingerprint density at radius 2 is 1.40 bits per heavy atom. The first kappa shape index (κ1) is 66.1. The van der Waals surface area contributed by atoms with Crippen molar-refractivity contribution in [2.24, 2.45) is 10.8 Å². The van der Waals surface area contributed by atoms with E-state index in [1.165, 1.54) is 12.8 Å². The Morgan fingerprint density at radius 1 is 0.747 bits per heavy atom. The minimum atomic E-state index is -1.27. The average Bonchev–Trinajstić information content (AvgIpc) is 3.50. The van der Waals surface area contributed by atoms with Gasteiger partial charge in [0.1, 0.15) is 23.0 Å². The van der Waals surface area contributed by atoms with Gasteiger partial charge in [0, 0.05) is 74.6 Å². The molecule has 0 bridgehead atoms. The number of aryl methyl sites for hydroxylation is 1. The van der Waals surface area contributed by atoms with Gasteiger partial charge in [-0.15, -0.1) is 11.6 Å². The van der Waals surface area contributed by atoms with Crippen LogP contribution in [0.2, 0.25) is 0 Å². The number of allylic oxidation sites excluding steroid dienone is 3. The molecule has 5 rings (SSSR count). The molecule has 2 amide bonds. The summed E-state index contributed by atoms with van der Waals surface area (Å²) < 4.78 is 44.9. The number of rotatable bonds is 28. The van der Waals surface area contributed by atoms with Gasteiger partial charge in [-0.05, 0) is 116 Å². The van der Waals surface area contributed by atoms with Crippen LogP contribution in [0.3, 0.4) is 0 Å². The number of ether oxygens (including phenoxy) is 8. The second-order valence-corrected chi connectivity index (χ2v) is 20.2. The number of hydrogen-bond acceptors (Lipinski definition) is 13. The summed E-state index contributed by atoms with van der Waals surface area (Å²) in [6.07, 6.45) is 17.1. The van der Waals surface area contributed by atoms with E-state index in [1.807, 2.05) is 32.1 Å². The predicted molar refractivity (Wildman–Crippen MR) is 294 cm³/mol. The zero-order valence-electron chi connectivity index (χ0n) is 47.0. The molecular formula is C59H89ClN2O13. The molecule has 0 radical (unpaired) electrons. The molecular weight excluding hydrogens is 980 g/mol. The first-order chi connectivity index (χ1) is 36.0. The van der Waals surface area contributed by atoms with Crippen LogP contribution in [0.15, 0.2) is 71.7 Å². The van der Waals surface area contributed by atoms with Crippen molar-refractivity contribution in [1.29, 1.82) is 0 Å². The van der Waals surface area contributed by atoms with Gasteiger partial charge >= 0.3 is 17.9 Å². The van der Waals surface area contributed by atoms with Crippen LogP contribution in [0.4, 0.5) is 0 Å².